The highest BCUT2D eigenvalue weighted by Gasteiger charge is 2.35. The number of methoxy groups -OCH3 is 4. The molecule has 0 spiro atoms. The van der Waals surface area contributed by atoms with Crippen LogP contribution >= 0.6 is 0 Å². The molecule has 11 nitrogen and oxygen atoms in total. The monoisotopic (exact) mass is 566 g/mol. The maximum Gasteiger partial charge on any atom is 0.306 e. The molecule has 1 fully saturated rings. The van der Waals surface area contributed by atoms with E-state index in [0.29, 0.717) is 48.2 Å². The number of hydrogen-bond acceptors (Lipinski definition) is 10. The SMILES string of the molecule is COC(=O)CC(c1cc(OC)c(OC)c(OC)c1)c1oc(CN2C[C@H]3C[C@@H](C2)c2cccc(=O)n2C3)cc(=O)c1O. The largest absolute Gasteiger partial charge is 0.502 e. The van der Waals surface area contributed by atoms with E-state index in [0.717, 1.165) is 18.7 Å². The van der Waals surface area contributed by atoms with Gasteiger partial charge in [-0.3, -0.25) is 19.3 Å². The third-order valence-electron chi connectivity index (χ3n) is 7.94. The summed E-state index contributed by atoms with van der Waals surface area (Å²) in [6, 6.07) is 9.96. The number of hydrogen-bond donors (Lipinski definition) is 1. The van der Waals surface area contributed by atoms with Crippen LogP contribution in [0.2, 0.25) is 0 Å². The van der Waals surface area contributed by atoms with Gasteiger partial charge in [-0.25, -0.2) is 0 Å². The van der Waals surface area contributed by atoms with Gasteiger partial charge in [0.05, 0.1) is 47.3 Å². The highest BCUT2D eigenvalue weighted by atomic mass is 16.5. The summed E-state index contributed by atoms with van der Waals surface area (Å²) in [5.41, 5.74) is 0.919. The molecule has 11 heteroatoms. The van der Waals surface area contributed by atoms with E-state index in [2.05, 4.69) is 4.90 Å². The molecule has 2 bridgehead atoms. The standard InChI is InChI=1S/C30H34N2O9/c1-37-24-9-18(10-25(38-2)30(24)40-4)21(12-27(35)39-3)29-28(36)23(33)11-20(41-29)16-31-13-17-8-19(15-31)22-6-5-7-26(34)32(22)14-17/h5-7,9-11,17,19,21,36H,8,12-16H2,1-4H3/t17-,19+,21?/m1/s1. The number of piperidine rings is 1. The van der Waals surface area contributed by atoms with Crippen LogP contribution in [0.5, 0.6) is 23.0 Å². The lowest BCUT2D eigenvalue weighted by atomic mass is 9.83. The fourth-order valence-corrected chi connectivity index (χ4v) is 6.13. The van der Waals surface area contributed by atoms with Crippen molar-refractivity contribution >= 4 is 5.97 Å². The summed E-state index contributed by atoms with van der Waals surface area (Å²) < 4.78 is 29.4. The number of carbonyl (C=O) groups is 1. The van der Waals surface area contributed by atoms with Crippen molar-refractivity contribution in [3.63, 3.8) is 0 Å². The summed E-state index contributed by atoms with van der Waals surface area (Å²) in [6.45, 7) is 2.40. The van der Waals surface area contributed by atoms with Crippen LogP contribution < -0.4 is 25.2 Å². The molecule has 4 heterocycles. The van der Waals surface area contributed by atoms with Crippen molar-refractivity contribution in [2.75, 3.05) is 41.5 Å². The molecule has 0 aliphatic carbocycles. The summed E-state index contributed by atoms with van der Waals surface area (Å²) >= 11 is 0. The lowest BCUT2D eigenvalue weighted by molar-refractivity contribution is -0.140. The van der Waals surface area contributed by atoms with Crippen LogP contribution in [0.1, 0.15) is 47.5 Å². The number of ether oxygens (including phenoxy) is 4. The number of likely N-dealkylation sites (tertiary alicyclic amines) is 1. The first-order valence-electron chi connectivity index (χ1n) is 13.4. The average molecular weight is 567 g/mol. The van der Waals surface area contributed by atoms with Gasteiger partial charge in [0.2, 0.25) is 16.9 Å². The van der Waals surface area contributed by atoms with Gasteiger partial charge in [-0.05, 0) is 36.1 Å². The van der Waals surface area contributed by atoms with Gasteiger partial charge in [-0.15, -0.1) is 0 Å². The Bertz CT molecular complexity index is 1540. The molecule has 5 rings (SSSR count). The summed E-state index contributed by atoms with van der Waals surface area (Å²) in [5.74, 6) is -0.214. The number of aromatic hydroxyl groups is 1. The summed E-state index contributed by atoms with van der Waals surface area (Å²) in [4.78, 5) is 40.1. The topological polar surface area (TPSA) is 130 Å². The lowest BCUT2D eigenvalue weighted by Crippen LogP contribution is -2.46. The average Bonchev–Trinajstić information content (AvgIpc) is 2.97. The zero-order chi connectivity index (χ0) is 29.3. The minimum Gasteiger partial charge on any atom is -0.502 e. The molecule has 0 radical (unpaired) electrons. The Morgan fingerprint density at radius 3 is 2.41 bits per heavy atom. The molecule has 2 aromatic heterocycles. The highest BCUT2D eigenvalue weighted by molar-refractivity contribution is 5.71. The molecule has 2 aliphatic rings. The fraction of sp³-hybridized carbons (Fsp3) is 0.433. The van der Waals surface area contributed by atoms with E-state index in [4.69, 9.17) is 23.4 Å². The minimum atomic E-state index is -0.886. The van der Waals surface area contributed by atoms with Gasteiger partial charge < -0.3 is 33.0 Å². The first-order valence-corrected chi connectivity index (χ1v) is 13.4. The van der Waals surface area contributed by atoms with Gasteiger partial charge in [-0.2, -0.15) is 0 Å². The molecule has 0 saturated carbocycles. The zero-order valence-electron chi connectivity index (χ0n) is 23.5. The molecule has 218 valence electrons. The van der Waals surface area contributed by atoms with Crippen LogP contribution in [0.4, 0.5) is 0 Å². The predicted octanol–water partition coefficient (Wildman–Crippen LogP) is 2.85. The highest BCUT2D eigenvalue weighted by Crippen LogP contribution is 2.43. The number of esters is 1. The second-order valence-electron chi connectivity index (χ2n) is 10.5. The fourth-order valence-electron chi connectivity index (χ4n) is 6.13. The number of carbonyl (C=O) groups excluding carboxylic acids is 1. The number of aromatic nitrogens is 1. The zero-order valence-corrected chi connectivity index (χ0v) is 23.5. The van der Waals surface area contributed by atoms with Crippen LogP contribution in [-0.4, -0.2) is 62.1 Å². The molecular formula is C30H34N2O9. The second kappa shape index (κ2) is 11.7. The van der Waals surface area contributed by atoms with E-state index in [1.54, 1.807) is 24.3 Å². The molecule has 3 atom stereocenters. The van der Waals surface area contributed by atoms with Gasteiger partial charge in [0.15, 0.2) is 17.3 Å². The molecule has 2 aliphatic heterocycles. The molecule has 1 unspecified atom stereocenters. The number of nitrogens with zero attached hydrogens (tertiary/aromatic N) is 2. The lowest BCUT2D eigenvalue weighted by Gasteiger charge is -2.42. The Labute approximate surface area is 236 Å². The molecule has 1 N–H and O–H groups in total. The third kappa shape index (κ3) is 5.54. The van der Waals surface area contributed by atoms with E-state index < -0.39 is 23.1 Å². The van der Waals surface area contributed by atoms with Crippen molar-refractivity contribution < 1.29 is 33.3 Å². The molecule has 41 heavy (non-hydrogen) atoms. The Hall–Kier alpha value is -4.25. The summed E-state index contributed by atoms with van der Waals surface area (Å²) in [6.07, 6.45) is 0.779. The molecule has 0 amide bonds. The Morgan fingerprint density at radius 1 is 1.02 bits per heavy atom. The van der Waals surface area contributed by atoms with Crippen LogP contribution in [0.15, 0.2) is 50.4 Å². The minimum absolute atomic E-state index is 0.0169. The molecule has 3 aromatic rings. The predicted molar refractivity (Wildman–Crippen MR) is 148 cm³/mol. The number of benzene rings is 1. The summed E-state index contributed by atoms with van der Waals surface area (Å²) in [7, 11) is 5.68. The summed E-state index contributed by atoms with van der Waals surface area (Å²) in [5, 5.41) is 10.9. The van der Waals surface area contributed by atoms with Crippen LogP contribution in [0, 0.1) is 5.92 Å². The Balaban J connectivity index is 1.50. The van der Waals surface area contributed by atoms with Crippen molar-refractivity contribution in [2.45, 2.75) is 37.8 Å². The number of pyridine rings is 1. The first-order chi connectivity index (χ1) is 19.8. The second-order valence-corrected chi connectivity index (χ2v) is 10.5. The van der Waals surface area contributed by atoms with Crippen LogP contribution in [0.3, 0.4) is 0 Å². The van der Waals surface area contributed by atoms with E-state index in [-0.39, 0.29) is 29.6 Å². The van der Waals surface area contributed by atoms with Crippen molar-refractivity contribution in [3.05, 3.63) is 79.8 Å². The van der Waals surface area contributed by atoms with Crippen LogP contribution in [-0.2, 0) is 22.6 Å². The van der Waals surface area contributed by atoms with Crippen molar-refractivity contribution in [3.8, 4) is 23.0 Å². The quantitative estimate of drug-likeness (QED) is 0.386. The van der Waals surface area contributed by atoms with Crippen molar-refractivity contribution in [2.24, 2.45) is 5.92 Å². The molecule has 1 saturated heterocycles. The number of rotatable bonds is 9. The van der Waals surface area contributed by atoms with Gasteiger partial charge >= 0.3 is 5.97 Å². The van der Waals surface area contributed by atoms with Crippen molar-refractivity contribution in [1.29, 1.82) is 0 Å². The molecule has 1 aromatic carbocycles. The van der Waals surface area contributed by atoms with E-state index in [9.17, 15) is 19.5 Å². The third-order valence-corrected chi connectivity index (χ3v) is 7.94. The van der Waals surface area contributed by atoms with Gasteiger partial charge in [0.1, 0.15) is 5.76 Å². The maximum atomic E-state index is 13.0. The molecular weight excluding hydrogens is 532 g/mol. The Kier molecular flexibility index (Phi) is 8.07. The van der Waals surface area contributed by atoms with Gasteiger partial charge in [0.25, 0.3) is 5.56 Å². The van der Waals surface area contributed by atoms with E-state index in [1.807, 2.05) is 10.6 Å². The van der Waals surface area contributed by atoms with E-state index >= 15 is 0 Å². The maximum absolute atomic E-state index is 13.0. The van der Waals surface area contributed by atoms with Crippen molar-refractivity contribution in [1.82, 2.24) is 9.47 Å². The van der Waals surface area contributed by atoms with Gasteiger partial charge in [0, 0.05) is 43.4 Å². The normalized spacial score (nSPS) is 18.7. The first kappa shape index (κ1) is 28.3. The number of fused-ring (bicyclic) bond motifs is 4. The Morgan fingerprint density at radius 2 is 1.76 bits per heavy atom. The smallest absolute Gasteiger partial charge is 0.306 e. The van der Waals surface area contributed by atoms with Crippen LogP contribution in [0.25, 0.3) is 0 Å². The van der Waals surface area contributed by atoms with E-state index in [1.165, 1.54) is 34.5 Å². The van der Waals surface area contributed by atoms with Gasteiger partial charge in [-0.1, -0.05) is 6.07 Å².